The first-order valence-corrected chi connectivity index (χ1v) is 20.8. The summed E-state index contributed by atoms with van der Waals surface area (Å²) < 4.78 is 28.4. The summed E-state index contributed by atoms with van der Waals surface area (Å²) in [4.78, 5) is 56.2. The molecule has 0 amide bonds. The van der Waals surface area contributed by atoms with Crippen molar-refractivity contribution >= 4 is 62.3 Å². The van der Waals surface area contributed by atoms with Gasteiger partial charge in [-0.3, -0.25) is 9.59 Å². The number of nitrogens with zero attached hydrogens (tertiary/aromatic N) is 2. The third-order valence-corrected chi connectivity index (χ3v) is 11.6. The number of carbonyl (C=O) groups excluding carboxylic acids is 3. The molecule has 0 aliphatic carbocycles. The molecule has 60 heavy (non-hydrogen) atoms. The van der Waals surface area contributed by atoms with E-state index in [2.05, 4.69) is 29.0 Å². The lowest BCUT2D eigenvalue weighted by molar-refractivity contribution is -0.163. The van der Waals surface area contributed by atoms with Crippen LogP contribution in [0.2, 0.25) is 0 Å². The number of aryl methyl sites for hydroxylation is 2. The van der Waals surface area contributed by atoms with E-state index in [1.165, 1.54) is 14.2 Å². The molecular weight excluding hydrogens is 761 g/mol. The molecule has 1 saturated heterocycles. The smallest absolute Gasteiger partial charge is 0.338 e. The van der Waals surface area contributed by atoms with Gasteiger partial charge in [-0.05, 0) is 149 Å². The van der Waals surface area contributed by atoms with Gasteiger partial charge >= 0.3 is 17.9 Å². The number of fused-ring (bicyclic) bond motifs is 8. The zero-order valence-corrected chi connectivity index (χ0v) is 35.4. The van der Waals surface area contributed by atoms with Crippen molar-refractivity contribution in [3.05, 3.63) is 106 Å². The maximum Gasteiger partial charge on any atom is 0.338 e. The van der Waals surface area contributed by atoms with Gasteiger partial charge in [-0.15, -0.1) is 0 Å². The van der Waals surface area contributed by atoms with Crippen molar-refractivity contribution in [2.24, 2.45) is 0 Å². The van der Waals surface area contributed by atoms with E-state index in [9.17, 15) is 14.4 Å². The van der Waals surface area contributed by atoms with Crippen LogP contribution >= 0.6 is 0 Å². The minimum Gasteiger partial charge on any atom is -0.469 e. The summed E-state index contributed by atoms with van der Waals surface area (Å²) in [6, 6.07) is 19.2. The second-order valence-electron chi connectivity index (χ2n) is 15.6. The lowest BCUT2D eigenvalue weighted by Gasteiger charge is -2.23. The zero-order chi connectivity index (χ0) is 42.3. The molecule has 12 nitrogen and oxygen atoms in total. The number of hydrogen-bond acceptors (Lipinski definition) is 10. The molecule has 1 fully saturated rings. The van der Waals surface area contributed by atoms with E-state index in [0.29, 0.717) is 61.5 Å². The molecule has 3 aromatic heterocycles. The topological polar surface area (TPSA) is 155 Å². The minimum atomic E-state index is -0.637. The number of allylic oxidation sites excluding steroid dienone is 4. The van der Waals surface area contributed by atoms with Crippen LogP contribution in [0.25, 0.3) is 44.4 Å². The molecule has 2 atom stereocenters. The highest BCUT2D eigenvalue weighted by Gasteiger charge is 2.27. The van der Waals surface area contributed by atoms with Gasteiger partial charge in [0.2, 0.25) is 0 Å². The lowest BCUT2D eigenvalue weighted by Crippen LogP contribution is -2.23. The fraction of sp³-hybridized carbons (Fsp3) is 0.396. The Morgan fingerprint density at radius 1 is 0.767 bits per heavy atom. The number of nitrogens with one attached hydrogen (secondary N) is 2. The first-order chi connectivity index (χ1) is 29.0. The Morgan fingerprint density at radius 3 is 2.03 bits per heavy atom. The first kappa shape index (κ1) is 42.3. The van der Waals surface area contributed by atoms with Crippen LogP contribution < -0.4 is 0 Å². The Morgan fingerprint density at radius 2 is 1.42 bits per heavy atom. The molecule has 0 saturated carbocycles. The Kier molecular flexibility index (Phi) is 13.4. The number of rotatable bonds is 14. The average molecular weight is 815 g/mol. The summed E-state index contributed by atoms with van der Waals surface area (Å²) in [6.45, 7) is 9.27. The number of methoxy groups -OCH3 is 2. The zero-order valence-electron chi connectivity index (χ0n) is 35.4. The van der Waals surface area contributed by atoms with E-state index in [4.69, 9.17) is 33.7 Å². The Hall–Kier alpha value is -5.85. The van der Waals surface area contributed by atoms with Crippen LogP contribution in [0.3, 0.4) is 0 Å². The van der Waals surface area contributed by atoms with Crippen molar-refractivity contribution in [2.45, 2.75) is 97.9 Å². The number of H-pyrrole nitrogens is 2. The monoisotopic (exact) mass is 814 g/mol. The predicted octanol–water partition coefficient (Wildman–Crippen LogP) is 9.92. The molecule has 314 valence electrons. The summed E-state index contributed by atoms with van der Waals surface area (Å²) in [6.07, 6.45) is 4.42. The van der Waals surface area contributed by atoms with Gasteiger partial charge in [-0.2, -0.15) is 0 Å². The van der Waals surface area contributed by atoms with Gasteiger partial charge in [-0.25, -0.2) is 14.8 Å². The van der Waals surface area contributed by atoms with Crippen molar-refractivity contribution in [1.29, 1.82) is 0 Å². The second-order valence-corrected chi connectivity index (χ2v) is 15.6. The molecule has 0 spiro atoms. The number of aromatic nitrogens is 4. The molecule has 2 unspecified atom stereocenters. The summed E-state index contributed by atoms with van der Waals surface area (Å²) >= 11 is 0. The standard InChI is InChI=1S/C48H54N4O8/c1-28-23-33-24-37-31(4)47(43(60-48(55)32-13-8-7-9-14-32)15-12-22-59-46-16-10-11-21-58-46)42(52-37)26-39-30(3)35(18-20-45(54)57-6)41(51-39)27-40-34(17-19-44(53)56-5)29(2)38(50-40)25-36(28)49-33/h7-9,13-14,23-27,43,46,49,52H,10-12,15-22H2,1-6H3. The van der Waals surface area contributed by atoms with Crippen molar-refractivity contribution < 1.29 is 38.1 Å². The molecule has 6 heterocycles. The molecule has 0 radical (unpaired) electrons. The Bertz CT molecular complexity index is 2490. The lowest BCUT2D eigenvalue weighted by atomic mass is 9.98. The SMILES string of the molecule is COC(=O)CCC1=C(C)c2cc3[nH]c(cc3C)cc3[nH]c(cc4nc(cc1n2)C(CCC(=O)OC)=C4C)c(C(CCCOC1CCCCO1)OC(=O)c1ccccc1)c3C. The van der Waals surface area contributed by atoms with E-state index in [1.54, 1.807) is 12.1 Å². The van der Waals surface area contributed by atoms with E-state index in [1.807, 2.05) is 57.2 Å². The van der Waals surface area contributed by atoms with E-state index < -0.39 is 12.1 Å². The minimum absolute atomic E-state index is 0.163. The van der Waals surface area contributed by atoms with Crippen LogP contribution in [0.1, 0.15) is 128 Å². The van der Waals surface area contributed by atoms with Gasteiger partial charge in [0, 0.05) is 53.7 Å². The second kappa shape index (κ2) is 19.0. The molecule has 2 N–H and O–H groups in total. The summed E-state index contributed by atoms with van der Waals surface area (Å²) in [5, 5.41) is 0. The van der Waals surface area contributed by atoms with Crippen LogP contribution in [-0.4, -0.2) is 71.6 Å². The first-order valence-electron chi connectivity index (χ1n) is 20.8. The third kappa shape index (κ3) is 9.61. The molecule has 3 aliphatic heterocycles. The number of hydrogen-bond donors (Lipinski definition) is 2. The predicted molar refractivity (Wildman–Crippen MR) is 231 cm³/mol. The molecule has 3 aliphatic rings. The maximum atomic E-state index is 13.8. The largest absolute Gasteiger partial charge is 0.469 e. The normalized spacial score (nSPS) is 15.9. The highest BCUT2D eigenvalue weighted by atomic mass is 16.7. The molecule has 1 aromatic carbocycles. The number of ether oxygens (including phenoxy) is 5. The number of esters is 3. The molecule has 4 aromatic rings. The maximum absolute atomic E-state index is 13.8. The van der Waals surface area contributed by atoms with Gasteiger partial charge < -0.3 is 33.7 Å². The summed E-state index contributed by atoms with van der Waals surface area (Å²) in [5.74, 6) is -1.05. The van der Waals surface area contributed by atoms with Crippen LogP contribution in [0.4, 0.5) is 0 Å². The molecule has 8 bridgehead atoms. The number of carbonyl (C=O) groups is 3. The van der Waals surface area contributed by atoms with Crippen molar-refractivity contribution in [1.82, 2.24) is 19.9 Å². The van der Waals surface area contributed by atoms with Gasteiger partial charge in [0.1, 0.15) is 6.10 Å². The van der Waals surface area contributed by atoms with Gasteiger partial charge in [0.15, 0.2) is 6.29 Å². The van der Waals surface area contributed by atoms with Crippen LogP contribution in [0.5, 0.6) is 0 Å². The molecule has 12 heteroatoms. The Balaban J connectivity index is 1.42. The van der Waals surface area contributed by atoms with Gasteiger partial charge in [-0.1, -0.05) is 18.2 Å². The van der Waals surface area contributed by atoms with E-state index >= 15 is 0 Å². The summed E-state index contributed by atoms with van der Waals surface area (Å²) in [7, 11) is 2.77. The molecular formula is C48H54N4O8. The summed E-state index contributed by atoms with van der Waals surface area (Å²) in [5.41, 5.74) is 13.1. The van der Waals surface area contributed by atoms with Gasteiger partial charge in [0.05, 0.1) is 42.6 Å². The third-order valence-electron chi connectivity index (χ3n) is 11.6. The van der Waals surface area contributed by atoms with Crippen molar-refractivity contribution in [2.75, 3.05) is 27.4 Å². The number of benzene rings is 1. The fourth-order valence-electron chi connectivity index (χ4n) is 8.14. The van der Waals surface area contributed by atoms with Crippen molar-refractivity contribution in [3.63, 3.8) is 0 Å². The van der Waals surface area contributed by atoms with E-state index in [-0.39, 0.29) is 31.1 Å². The van der Waals surface area contributed by atoms with Crippen molar-refractivity contribution in [3.8, 4) is 0 Å². The highest BCUT2D eigenvalue weighted by Crippen LogP contribution is 2.39. The average Bonchev–Trinajstić information content (AvgIpc) is 3.94. The molecule has 7 rings (SSSR count). The Labute approximate surface area is 350 Å². The van der Waals surface area contributed by atoms with Crippen LogP contribution in [0, 0.1) is 13.8 Å². The van der Waals surface area contributed by atoms with Gasteiger partial charge in [0.25, 0.3) is 0 Å². The number of aromatic amines is 2. The van der Waals surface area contributed by atoms with E-state index in [0.717, 1.165) is 86.0 Å². The fourth-order valence-corrected chi connectivity index (χ4v) is 8.14. The van der Waals surface area contributed by atoms with Crippen LogP contribution in [-0.2, 0) is 33.3 Å². The highest BCUT2D eigenvalue weighted by molar-refractivity contribution is 5.96. The van der Waals surface area contributed by atoms with Crippen LogP contribution in [0.15, 0.2) is 60.7 Å². The quantitative estimate of drug-likeness (QED) is 0.0714.